The van der Waals surface area contributed by atoms with Crippen LogP contribution in [-0.4, -0.2) is 31.2 Å². The van der Waals surface area contributed by atoms with E-state index in [1.54, 1.807) is 7.11 Å². The molecule has 0 heterocycles. The topological polar surface area (TPSA) is 35.5 Å². The van der Waals surface area contributed by atoms with Gasteiger partial charge < -0.3 is 9.47 Å². The van der Waals surface area contributed by atoms with Crippen LogP contribution in [0.25, 0.3) is 0 Å². The second-order valence-corrected chi connectivity index (χ2v) is 14.9. The predicted molar refractivity (Wildman–Crippen MR) is 199 cm³/mol. The summed E-state index contributed by atoms with van der Waals surface area (Å²) in [6, 6.07) is 0. The zero-order valence-corrected chi connectivity index (χ0v) is 31.6. The molecule has 4 unspecified atom stereocenters. The lowest BCUT2D eigenvalue weighted by atomic mass is 9.94. The number of ketones is 1. The summed E-state index contributed by atoms with van der Waals surface area (Å²) in [5.74, 6) is 2.43. The molecule has 0 radical (unpaired) electrons. The fourth-order valence-electron chi connectivity index (χ4n) is 4.98. The fourth-order valence-corrected chi connectivity index (χ4v) is 4.98. The zero-order chi connectivity index (χ0) is 34.3. The van der Waals surface area contributed by atoms with Crippen LogP contribution in [0, 0.1) is 23.7 Å². The Balaban J connectivity index is 4.24. The number of Topliss-reactive ketones (excluding diaryl/α,β-unsaturated/α-hetero) is 1. The first-order chi connectivity index (χ1) is 21.1. The molecule has 0 aliphatic heterocycles. The lowest BCUT2D eigenvalue weighted by Gasteiger charge is -2.22. The molecule has 0 aliphatic rings. The Morgan fingerprint density at radius 1 is 0.711 bits per heavy atom. The van der Waals surface area contributed by atoms with Gasteiger partial charge in [0.25, 0.3) is 0 Å². The molecule has 258 valence electrons. The van der Waals surface area contributed by atoms with Gasteiger partial charge in [-0.2, -0.15) is 0 Å². The van der Waals surface area contributed by atoms with E-state index in [2.05, 4.69) is 97.1 Å². The minimum Gasteiger partial charge on any atom is -0.379 e. The number of rotatable bonds is 25. The minimum absolute atomic E-state index is 0.00283. The molecule has 3 nitrogen and oxygen atoms in total. The fraction of sp³-hybridized carbons (Fsp3) is 0.690. The molecule has 0 spiro atoms. The van der Waals surface area contributed by atoms with Crippen molar-refractivity contribution >= 4 is 5.78 Å². The summed E-state index contributed by atoms with van der Waals surface area (Å²) < 4.78 is 10.9. The highest BCUT2D eigenvalue weighted by Crippen LogP contribution is 2.21. The van der Waals surface area contributed by atoms with Gasteiger partial charge in [0.1, 0.15) is 0 Å². The number of carbonyl (C=O) groups excluding carboxylic acids is 1. The third kappa shape index (κ3) is 24.9. The zero-order valence-electron chi connectivity index (χ0n) is 31.6. The van der Waals surface area contributed by atoms with Crippen molar-refractivity contribution in [3.63, 3.8) is 0 Å². The first-order valence-electron chi connectivity index (χ1n) is 17.8. The van der Waals surface area contributed by atoms with Gasteiger partial charge in [-0.15, -0.1) is 0 Å². The molecule has 0 saturated carbocycles. The van der Waals surface area contributed by atoms with E-state index in [4.69, 9.17) is 9.47 Å². The summed E-state index contributed by atoms with van der Waals surface area (Å²) >= 11 is 0. The quantitative estimate of drug-likeness (QED) is 0.0576. The summed E-state index contributed by atoms with van der Waals surface area (Å²) in [7, 11) is 3.50. The van der Waals surface area contributed by atoms with Crippen LogP contribution in [-0.2, 0) is 14.3 Å². The van der Waals surface area contributed by atoms with E-state index in [0.717, 1.165) is 30.8 Å². The Kier molecular flexibility index (Phi) is 23.2. The molecule has 0 aromatic rings. The highest BCUT2D eigenvalue weighted by Gasteiger charge is 2.18. The Morgan fingerprint density at radius 2 is 1.33 bits per heavy atom. The number of carbonyl (C=O) groups is 1. The van der Waals surface area contributed by atoms with E-state index in [1.165, 1.54) is 50.5 Å². The Labute approximate surface area is 280 Å². The Hall–Kier alpha value is -1.97. The van der Waals surface area contributed by atoms with Crippen molar-refractivity contribution < 1.29 is 14.3 Å². The van der Waals surface area contributed by atoms with Crippen LogP contribution >= 0.6 is 0 Å². The van der Waals surface area contributed by atoms with Gasteiger partial charge in [-0.25, -0.2) is 0 Å². The Bertz CT molecular complexity index is 972. The van der Waals surface area contributed by atoms with Crippen LogP contribution < -0.4 is 0 Å². The number of hydrogen-bond donors (Lipinski definition) is 0. The van der Waals surface area contributed by atoms with Crippen molar-refractivity contribution in [3.8, 4) is 0 Å². The van der Waals surface area contributed by atoms with Crippen LogP contribution in [0.4, 0.5) is 0 Å². The van der Waals surface area contributed by atoms with Crippen molar-refractivity contribution in [2.45, 2.75) is 151 Å². The number of hydrogen-bond acceptors (Lipinski definition) is 3. The SMILES string of the molecule is COC(C)(C)CCC/C(C)=C/CCC(C)CCCC(C)/C=C/C=C/C(C)C/C=C/C(C)/C=C/C=C(\C)C(=O)CCC(C)(C)OC. The molecule has 4 atom stereocenters. The van der Waals surface area contributed by atoms with Crippen molar-refractivity contribution in [3.05, 3.63) is 71.9 Å². The molecule has 0 aliphatic carbocycles. The first-order valence-corrected chi connectivity index (χ1v) is 17.8. The molecule has 0 aromatic carbocycles. The molecule has 45 heavy (non-hydrogen) atoms. The lowest BCUT2D eigenvalue weighted by molar-refractivity contribution is -0.116. The standard InChI is InChI=1S/C42H72O3/c1-34(22-15-24-36(3)25-17-27-38(5)29-19-32-41(7,8)44-11)20-13-14-21-35(2)23-16-26-37(4)28-18-30-39(6)40(43)31-33-42(9,10)45-12/h13-14,16,18,20-21,26-28,30,34-37H,15,17,19,22-25,29,31-33H2,1-12H3/b20-13+,21-14+,26-16+,28-18+,38-27+,39-30+. The van der Waals surface area contributed by atoms with Gasteiger partial charge in [0, 0.05) is 20.6 Å². The molecule has 0 saturated heterocycles. The molecule has 0 amide bonds. The molecule has 3 heteroatoms. The van der Waals surface area contributed by atoms with Crippen molar-refractivity contribution in [2.24, 2.45) is 23.7 Å². The van der Waals surface area contributed by atoms with E-state index in [-0.39, 0.29) is 17.0 Å². The second-order valence-electron chi connectivity index (χ2n) is 14.9. The van der Waals surface area contributed by atoms with E-state index >= 15 is 0 Å². The minimum atomic E-state index is -0.259. The summed E-state index contributed by atoms with van der Waals surface area (Å²) in [5.41, 5.74) is 2.07. The van der Waals surface area contributed by atoms with Gasteiger partial charge in [-0.05, 0) is 122 Å². The average molecular weight is 625 g/mol. The smallest absolute Gasteiger partial charge is 0.158 e. The van der Waals surface area contributed by atoms with Gasteiger partial charge in [0.05, 0.1) is 11.2 Å². The van der Waals surface area contributed by atoms with Gasteiger partial charge in [0.15, 0.2) is 5.78 Å². The number of allylic oxidation sites excluding steroid dienone is 12. The van der Waals surface area contributed by atoms with Gasteiger partial charge in [-0.1, -0.05) is 107 Å². The summed E-state index contributed by atoms with van der Waals surface area (Å²) in [6.07, 6.45) is 34.3. The maximum Gasteiger partial charge on any atom is 0.158 e. The number of methoxy groups -OCH3 is 2. The van der Waals surface area contributed by atoms with E-state index in [0.29, 0.717) is 24.2 Å². The first kappa shape index (κ1) is 43.0. The summed E-state index contributed by atoms with van der Waals surface area (Å²) in [5, 5.41) is 0. The second kappa shape index (κ2) is 24.2. The molecular formula is C42H72O3. The maximum absolute atomic E-state index is 12.4. The van der Waals surface area contributed by atoms with Crippen LogP contribution in [0.5, 0.6) is 0 Å². The van der Waals surface area contributed by atoms with Gasteiger partial charge in [0.2, 0.25) is 0 Å². The molecule has 0 fully saturated rings. The van der Waals surface area contributed by atoms with Crippen LogP contribution in [0.2, 0.25) is 0 Å². The third-order valence-electron chi connectivity index (χ3n) is 9.06. The van der Waals surface area contributed by atoms with Gasteiger partial charge in [-0.3, -0.25) is 4.79 Å². The van der Waals surface area contributed by atoms with Crippen LogP contribution in [0.3, 0.4) is 0 Å². The monoisotopic (exact) mass is 625 g/mol. The van der Waals surface area contributed by atoms with E-state index in [9.17, 15) is 4.79 Å². The highest BCUT2D eigenvalue weighted by atomic mass is 16.5. The average Bonchev–Trinajstić information content (AvgIpc) is 2.98. The molecule has 0 bridgehead atoms. The van der Waals surface area contributed by atoms with Crippen molar-refractivity contribution in [1.29, 1.82) is 0 Å². The predicted octanol–water partition coefficient (Wildman–Crippen LogP) is 12.4. The maximum atomic E-state index is 12.4. The Morgan fingerprint density at radius 3 is 1.98 bits per heavy atom. The normalized spacial score (nSPS) is 16.8. The highest BCUT2D eigenvalue weighted by molar-refractivity contribution is 5.95. The third-order valence-corrected chi connectivity index (χ3v) is 9.06. The van der Waals surface area contributed by atoms with Crippen LogP contribution in [0.1, 0.15) is 140 Å². The van der Waals surface area contributed by atoms with Crippen molar-refractivity contribution in [2.75, 3.05) is 14.2 Å². The molecule has 0 aromatic heterocycles. The number of ether oxygens (including phenoxy) is 2. The molecular weight excluding hydrogens is 552 g/mol. The molecule has 0 rings (SSSR count). The van der Waals surface area contributed by atoms with E-state index < -0.39 is 0 Å². The summed E-state index contributed by atoms with van der Waals surface area (Å²) in [4.78, 5) is 12.4. The van der Waals surface area contributed by atoms with Gasteiger partial charge >= 0.3 is 0 Å². The van der Waals surface area contributed by atoms with Crippen molar-refractivity contribution in [1.82, 2.24) is 0 Å². The van der Waals surface area contributed by atoms with E-state index in [1.807, 2.05) is 40.0 Å². The van der Waals surface area contributed by atoms with Crippen LogP contribution in [0.15, 0.2) is 71.9 Å². The molecule has 0 N–H and O–H groups in total. The lowest BCUT2D eigenvalue weighted by Crippen LogP contribution is -2.23. The largest absolute Gasteiger partial charge is 0.379 e. The summed E-state index contributed by atoms with van der Waals surface area (Å²) in [6.45, 7) is 21.7.